The molecule has 0 aromatic rings. The van der Waals surface area contributed by atoms with Gasteiger partial charge in [0.25, 0.3) is 5.91 Å². The van der Waals surface area contributed by atoms with Gasteiger partial charge in [-0.2, -0.15) is 0 Å². The van der Waals surface area contributed by atoms with Gasteiger partial charge in [0.15, 0.2) is 0 Å². The smallest absolute Gasteiger partial charge is 0.315 e. The molecular formula is C5H8N2O3. The summed E-state index contributed by atoms with van der Waals surface area (Å²) in [6.07, 6.45) is -0.433. The highest BCUT2D eigenvalue weighted by Crippen LogP contribution is 1.88. The van der Waals surface area contributed by atoms with Crippen molar-refractivity contribution in [3.63, 3.8) is 0 Å². The van der Waals surface area contributed by atoms with E-state index >= 15 is 0 Å². The first kappa shape index (κ1) is 8.74. The Hall–Kier alpha value is -1.26. The molecule has 0 saturated carbocycles. The van der Waals surface area contributed by atoms with Gasteiger partial charge in [0.1, 0.15) is 6.42 Å². The van der Waals surface area contributed by atoms with Crippen LogP contribution in [0.2, 0.25) is 0 Å². The Morgan fingerprint density at radius 2 is 2.20 bits per heavy atom. The average Bonchev–Trinajstić information content (AvgIpc) is 1.88. The number of carbonyl (C=O) groups excluding carboxylic acids is 2. The van der Waals surface area contributed by atoms with Gasteiger partial charge in [-0.25, -0.2) is 5.53 Å². The second kappa shape index (κ2) is 4.60. The Labute approximate surface area is 57.9 Å². The summed E-state index contributed by atoms with van der Waals surface area (Å²) < 4.78 is 4.41. The first-order valence-corrected chi connectivity index (χ1v) is 2.76. The minimum absolute atomic E-state index is 0.240. The van der Waals surface area contributed by atoms with E-state index in [9.17, 15) is 9.59 Å². The lowest BCUT2D eigenvalue weighted by atomic mass is 10.4. The standard InChI is InChI=1S/C5H8N2O3/c1-2-10-5(9)3-4(8)7-6/h6H,2-3H2,1H3. The molecule has 0 fully saturated rings. The van der Waals surface area contributed by atoms with Gasteiger partial charge in [0, 0.05) is 0 Å². The van der Waals surface area contributed by atoms with Crippen LogP contribution >= 0.6 is 0 Å². The highest BCUT2D eigenvalue weighted by atomic mass is 16.5. The van der Waals surface area contributed by atoms with Crippen molar-refractivity contribution in [3.05, 3.63) is 0 Å². The maximum Gasteiger partial charge on any atom is 0.315 e. The molecule has 0 saturated heterocycles. The second-order valence-electron chi connectivity index (χ2n) is 1.49. The average molecular weight is 144 g/mol. The number of nitrogens with zero attached hydrogens (tertiary/aromatic N) is 1. The maximum atomic E-state index is 10.4. The zero-order valence-corrected chi connectivity index (χ0v) is 5.59. The van der Waals surface area contributed by atoms with E-state index in [1.54, 1.807) is 6.92 Å². The van der Waals surface area contributed by atoms with E-state index < -0.39 is 18.3 Å². The molecule has 0 aliphatic rings. The predicted octanol–water partition coefficient (Wildman–Crippen LogP) is 0.497. The lowest BCUT2D eigenvalue weighted by Gasteiger charge is -1.95. The number of nitrogens with one attached hydrogen (secondary N) is 1. The second-order valence-corrected chi connectivity index (χ2v) is 1.49. The van der Waals surface area contributed by atoms with Crippen LogP contribution in [-0.4, -0.2) is 18.5 Å². The molecule has 0 aromatic carbocycles. The Bertz CT molecular complexity index is 155. The maximum absolute atomic E-state index is 10.4. The molecule has 0 atom stereocenters. The molecular weight excluding hydrogens is 136 g/mol. The van der Waals surface area contributed by atoms with Crippen LogP contribution in [0.4, 0.5) is 0 Å². The molecule has 0 spiro atoms. The fraction of sp³-hybridized carbons (Fsp3) is 0.600. The van der Waals surface area contributed by atoms with E-state index in [1.165, 1.54) is 0 Å². The highest BCUT2D eigenvalue weighted by molar-refractivity contribution is 5.94. The van der Waals surface area contributed by atoms with Crippen molar-refractivity contribution in [1.29, 1.82) is 5.53 Å². The molecule has 0 bridgehead atoms. The summed E-state index contributed by atoms with van der Waals surface area (Å²) in [6, 6.07) is 0. The molecule has 0 unspecified atom stereocenters. The molecule has 5 nitrogen and oxygen atoms in total. The topological polar surface area (TPSA) is 79.6 Å². The van der Waals surface area contributed by atoms with Gasteiger partial charge in [-0.1, -0.05) is 0 Å². The lowest BCUT2D eigenvalue weighted by molar-refractivity contribution is -0.145. The summed E-state index contributed by atoms with van der Waals surface area (Å²) in [5, 5.41) is 2.52. The summed E-state index contributed by atoms with van der Waals surface area (Å²) in [6.45, 7) is 1.88. The quantitative estimate of drug-likeness (QED) is 0.355. The summed E-state index contributed by atoms with van der Waals surface area (Å²) in [5.41, 5.74) is 6.20. The van der Waals surface area contributed by atoms with E-state index in [1.807, 2.05) is 0 Å². The van der Waals surface area contributed by atoms with Gasteiger partial charge >= 0.3 is 5.97 Å². The third-order valence-corrected chi connectivity index (χ3v) is 0.726. The normalized spacial score (nSPS) is 8.50. The zero-order valence-electron chi connectivity index (χ0n) is 5.59. The van der Waals surface area contributed by atoms with Gasteiger partial charge in [0.2, 0.25) is 0 Å². The van der Waals surface area contributed by atoms with Gasteiger partial charge in [0.05, 0.1) is 6.61 Å². The molecule has 1 N–H and O–H groups in total. The SMILES string of the molecule is CCOC(=O)CC(=O)N=N. The van der Waals surface area contributed by atoms with Crippen LogP contribution < -0.4 is 0 Å². The van der Waals surface area contributed by atoms with E-state index in [4.69, 9.17) is 5.53 Å². The number of carbonyl (C=O) groups is 2. The lowest BCUT2D eigenvalue weighted by Crippen LogP contribution is -2.08. The Morgan fingerprint density at radius 1 is 1.60 bits per heavy atom. The number of esters is 1. The number of amides is 1. The van der Waals surface area contributed by atoms with Crippen molar-refractivity contribution in [1.82, 2.24) is 0 Å². The third-order valence-electron chi connectivity index (χ3n) is 0.726. The van der Waals surface area contributed by atoms with E-state index in [2.05, 4.69) is 9.85 Å². The number of rotatable bonds is 3. The van der Waals surface area contributed by atoms with Gasteiger partial charge in [-0.3, -0.25) is 9.59 Å². The summed E-state index contributed by atoms with van der Waals surface area (Å²) >= 11 is 0. The molecule has 0 aromatic heterocycles. The first-order valence-electron chi connectivity index (χ1n) is 2.76. The van der Waals surface area contributed by atoms with Crippen LogP contribution in [0.15, 0.2) is 5.11 Å². The van der Waals surface area contributed by atoms with Crippen molar-refractivity contribution in [2.45, 2.75) is 13.3 Å². The van der Waals surface area contributed by atoms with E-state index in [0.717, 1.165) is 0 Å². The third kappa shape index (κ3) is 3.71. The van der Waals surface area contributed by atoms with Crippen LogP contribution in [0.25, 0.3) is 0 Å². The van der Waals surface area contributed by atoms with Crippen molar-refractivity contribution < 1.29 is 14.3 Å². The van der Waals surface area contributed by atoms with Crippen LogP contribution in [0.3, 0.4) is 0 Å². The molecule has 5 heteroatoms. The van der Waals surface area contributed by atoms with Gasteiger partial charge in [-0.05, 0) is 6.92 Å². The molecule has 56 valence electrons. The zero-order chi connectivity index (χ0) is 7.98. The van der Waals surface area contributed by atoms with Gasteiger partial charge in [-0.15, -0.1) is 5.11 Å². The predicted molar refractivity (Wildman–Crippen MR) is 31.4 cm³/mol. The number of hydrogen-bond donors (Lipinski definition) is 1. The minimum atomic E-state index is -0.779. The van der Waals surface area contributed by atoms with Crippen LogP contribution in [0.1, 0.15) is 13.3 Å². The molecule has 1 amide bonds. The van der Waals surface area contributed by atoms with Crippen molar-refractivity contribution in [2.24, 2.45) is 5.11 Å². The van der Waals surface area contributed by atoms with Crippen molar-refractivity contribution >= 4 is 11.9 Å². The summed E-state index contributed by atoms with van der Waals surface area (Å²) in [5.74, 6) is -1.41. The summed E-state index contributed by atoms with van der Waals surface area (Å²) in [4.78, 5) is 20.7. The highest BCUT2D eigenvalue weighted by Gasteiger charge is 2.07. The van der Waals surface area contributed by atoms with E-state index in [-0.39, 0.29) is 6.61 Å². The summed E-state index contributed by atoms with van der Waals surface area (Å²) in [7, 11) is 0. The monoisotopic (exact) mass is 144 g/mol. The Balaban J connectivity index is 3.57. The fourth-order valence-electron chi connectivity index (χ4n) is 0.375. The van der Waals surface area contributed by atoms with Crippen LogP contribution in [-0.2, 0) is 14.3 Å². The number of ether oxygens (including phenoxy) is 1. The molecule has 0 aliphatic carbocycles. The van der Waals surface area contributed by atoms with Crippen LogP contribution in [0.5, 0.6) is 0 Å². The molecule has 0 radical (unpaired) electrons. The number of hydrogen-bond acceptors (Lipinski definition) is 4. The molecule has 0 aliphatic heterocycles. The first-order chi connectivity index (χ1) is 4.70. The van der Waals surface area contributed by atoms with Gasteiger partial charge < -0.3 is 4.74 Å². The van der Waals surface area contributed by atoms with E-state index in [0.29, 0.717) is 0 Å². The molecule has 10 heavy (non-hydrogen) atoms. The molecule has 0 heterocycles. The largest absolute Gasteiger partial charge is 0.466 e. The van der Waals surface area contributed by atoms with Crippen LogP contribution in [0, 0.1) is 5.53 Å². The Morgan fingerprint density at radius 3 is 2.60 bits per heavy atom. The Kier molecular flexibility index (Phi) is 4.02. The van der Waals surface area contributed by atoms with Crippen molar-refractivity contribution in [2.75, 3.05) is 6.61 Å². The molecule has 0 rings (SSSR count). The fourth-order valence-corrected chi connectivity index (χ4v) is 0.375. The van der Waals surface area contributed by atoms with Crippen molar-refractivity contribution in [3.8, 4) is 0 Å². The minimum Gasteiger partial charge on any atom is -0.466 e.